The van der Waals surface area contributed by atoms with E-state index in [9.17, 15) is 4.79 Å². The molecule has 110 valence electrons. The monoisotopic (exact) mass is 275 g/mol. The Morgan fingerprint density at radius 1 is 1.10 bits per heavy atom. The third-order valence-corrected chi connectivity index (χ3v) is 3.06. The van der Waals surface area contributed by atoms with Crippen LogP contribution < -0.4 is 5.73 Å². The predicted molar refractivity (Wildman–Crippen MR) is 81.8 cm³/mol. The molecule has 4 heteroatoms. The van der Waals surface area contributed by atoms with Crippen LogP contribution in [0.2, 0.25) is 0 Å². The van der Waals surface area contributed by atoms with E-state index in [0.717, 1.165) is 5.69 Å². The number of hydrogen-bond donors (Lipinski definition) is 1. The first-order chi connectivity index (χ1) is 9.35. The zero-order valence-electron chi connectivity index (χ0n) is 12.8. The molecule has 0 spiro atoms. The Morgan fingerprint density at radius 2 is 1.60 bits per heavy atom. The summed E-state index contributed by atoms with van der Waals surface area (Å²) < 4.78 is 0. The van der Waals surface area contributed by atoms with E-state index in [2.05, 4.69) is 37.9 Å². The standard InChI is InChI=1S/C16H25N3O/c1-12(2)10-16(15(17)20,11-13(3)4)19-18-14-8-6-5-7-9-14/h5-9,12-13H,10-11H2,1-4H3,(H2,17,20). The largest absolute Gasteiger partial charge is 0.368 e. The molecule has 0 saturated carbocycles. The van der Waals surface area contributed by atoms with E-state index in [0.29, 0.717) is 24.7 Å². The average molecular weight is 275 g/mol. The Labute approximate surface area is 121 Å². The third-order valence-electron chi connectivity index (χ3n) is 3.06. The number of nitrogens with zero attached hydrogens (tertiary/aromatic N) is 2. The Balaban J connectivity index is 3.07. The molecule has 0 aliphatic rings. The maximum atomic E-state index is 12.0. The highest BCUT2D eigenvalue weighted by Crippen LogP contribution is 2.30. The Morgan fingerprint density at radius 3 is 2.00 bits per heavy atom. The van der Waals surface area contributed by atoms with Crippen LogP contribution in [0.4, 0.5) is 5.69 Å². The van der Waals surface area contributed by atoms with Crippen LogP contribution in [0.15, 0.2) is 40.6 Å². The molecular formula is C16H25N3O. The normalized spacial score (nSPS) is 12.5. The number of benzene rings is 1. The summed E-state index contributed by atoms with van der Waals surface area (Å²) in [6.07, 6.45) is 1.24. The van der Waals surface area contributed by atoms with Gasteiger partial charge in [-0.3, -0.25) is 4.79 Å². The molecule has 0 fully saturated rings. The van der Waals surface area contributed by atoms with Crippen molar-refractivity contribution in [2.75, 3.05) is 0 Å². The first-order valence-electron chi connectivity index (χ1n) is 7.13. The molecule has 0 aromatic heterocycles. The van der Waals surface area contributed by atoms with Gasteiger partial charge >= 0.3 is 0 Å². The summed E-state index contributed by atoms with van der Waals surface area (Å²) in [7, 11) is 0. The SMILES string of the molecule is CC(C)CC(CC(C)C)(N=Nc1ccccc1)C(N)=O. The number of primary amides is 1. The molecule has 0 aliphatic carbocycles. The Bertz CT molecular complexity index is 442. The third kappa shape index (κ3) is 4.76. The topological polar surface area (TPSA) is 67.8 Å². The van der Waals surface area contributed by atoms with Gasteiger partial charge in [0.2, 0.25) is 5.91 Å². The number of hydrogen-bond acceptors (Lipinski definition) is 3. The van der Waals surface area contributed by atoms with Crippen LogP contribution in [0, 0.1) is 11.8 Å². The molecule has 1 rings (SSSR count). The van der Waals surface area contributed by atoms with E-state index >= 15 is 0 Å². The highest BCUT2D eigenvalue weighted by Gasteiger charge is 2.38. The van der Waals surface area contributed by atoms with Crippen LogP contribution in [0.25, 0.3) is 0 Å². The van der Waals surface area contributed by atoms with Gasteiger partial charge < -0.3 is 5.73 Å². The van der Waals surface area contributed by atoms with E-state index < -0.39 is 5.54 Å². The fourth-order valence-electron chi connectivity index (χ4n) is 2.41. The van der Waals surface area contributed by atoms with Crippen LogP contribution in [0.5, 0.6) is 0 Å². The first kappa shape index (κ1) is 16.3. The van der Waals surface area contributed by atoms with Gasteiger partial charge in [-0.15, -0.1) is 0 Å². The molecule has 1 aromatic rings. The van der Waals surface area contributed by atoms with E-state index in [4.69, 9.17) is 5.73 Å². The van der Waals surface area contributed by atoms with E-state index in [1.807, 2.05) is 30.3 Å². The minimum absolute atomic E-state index is 0.330. The predicted octanol–water partition coefficient (Wildman–Crippen LogP) is 4.09. The molecule has 0 radical (unpaired) electrons. The summed E-state index contributed by atoms with van der Waals surface area (Å²) in [4.78, 5) is 12.0. The molecule has 4 nitrogen and oxygen atoms in total. The van der Waals surface area contributed by atoms with Gasteiger partial charge in [-0.25, -0.2) is 0 Å². The van der Waals surface area contributed by atoms with Crippen molar-refractivity contribution in [1.82, 2.24) is 0 Å². The summed E-state index contributed by atoms with van der Waals surface area (Å²) in [5.74, 6) is 0.270. The maximum Gasteiger partial charge on any atom is 0.247 e. The average Bonchev–Trinajstić information content (AvgIpc) is 2.35. The molecule has 0 heterocycles. The van der Waals surface area contributed by atoms with Gasteiger partial charge in [-0.2, -0.15) is 10.2 Å². The minimum atomic E-state index is -0.905. The van der Waals surface area contributed by atoms with Gasteiger partial charge in [0.15, 0.2) is 5.54 Å². The van der Waals surface area contributed by atoms with Gasteiger partial charge in [0.05, 0.1) is 5.69 Å². The van der Waals surface area contributed by atoms with Gasteiger partial charge in [0, 0.05) is 0 Å². The zero-order valence-corrected chi connectivity index (χ0v) is 12.8. The molecule has 2 N–H and O–H groups in total. The fraction of sp³-hybridized carbons (Fsp3) is 0.562. The fourth-order valence-corrected chi connectivity index (χ4v) is 2.41. The molecule has 1 amide bonds. The summed E-state index contributed by atoms with van der Waals surface area (Å²) in [5, 5.41) is 8.59. The van der Waals surface area contributed by atoms with Crippen LogP contribution in [0.3, 0.4) is 0 Å². The molecule has 0 unspecified atom stereocenters. The van der Waals surface area contributed by atoms with Gasteiger partial charge in [-0.1, -0.05) is 45.9 Å². The summed E-state index contributed by atoms with van der Waals surface area (Å²) in [6.45, 7) is 8.26. The minimum Gasteiger partial charge on any atom is -0.368 e. The Kier molecular flexibility index (Phi) is 5.86. The number of carbonyl (C=O) groups excluding carboxylic acids is 1. The second-order valence-electron chi connectivity index (χ2n) is 6.13. The van der Waals surface area contributed by atoms with Crippen molar-refractivity contribution in [2.24, 2.45) is 27.8 Å². The van der Waals surface area contributed by atoms with Crippen molar-refractivity contribution in [3.8, 4) is 0 Å². The first-order valence-corrected chi connectivity index (χ1v) is 7.13. The van der Waals surface area contributed by atoms with Crippen LogP contribution >= 0.6 is 0 Å². The second kappa shape index (κ2) is 7.17. The zero-order chi connectivity index (χ0) is 15.2. The molecule has 0 atom stereocenters. The van der Waals surface area contributed by atoms with Gasteiger partial charge in [-0.05, 0) is 36.8 Å². The number of amides is 1. The second-order valence-corrected chi connectivity index (χ2v) is 6.13. The number of nitrogens with two attached hydrogens (primary N) is 1. The van der Waals surface area contributed by atoms with E-state index in [1.54, 1.807) is 0 Å². The van der Waals surface area contributed by atoms with Crippen molar-refractivity contribution in [2.45, 2.75) is 46.1 Å². The molecular weight excluding hydrogens is 250 g/mol. The number of rotatable bonds is 7. The highest BCUT2D eigenvalue weighted by atomic mass is 16.1. The summed E-state index contributed by atoms with van der Waals surface area (Å²) in [5.41, 5.74) is 5.48. The molecule has 1 aromatic carbocycles. The van der Waals surface area contributed by atoms with Crippen LogP contribution in [0.1, 0.15) is 40.5 Å². The van der Waals surface area contributed by atoms with Crippen molar-refractivity contribution in [3.05, 3.63) is 30.3 Å². The lowest BCUT2D eigenvalue weighted by Gasteiger charge is -2.28. The number of carbonyl (C=O) groups is 1. The van der Waals surface area contributed by atoms with Crippen molar-refractivity contribution >= 4 is 11.6 Å². The van der Waals surface area contributed by atoms with E-state index in [1.165, 1.54) is 0 Å². The van der Waals surface area contributed by atoms with Crippen LogP contribution in [-0.4, -0.2) is 11.4 Å². The summed E-state index contributed by atoms with van der Waals surface area (Å²) >= 11 is 0. The number of azo groups is 1. The molecule has 20 heavy (non-hydrogen) atoms. The van der Waals surface area contributed by atoms with Crippen molar-refractivity contribution in [3.63, 3.8) is 0 Å². The Hall–Kier alpha value is -1.71. The highest BCUT2D eigenvalue weighted by molar-refractivity contribution is 5.84. The smallest absolute Gasteiger partial charge is 0.247 e. The lowest BCUT2D eigenvalue weighted by molar-refractivity contribution is -0.124. The van der Waals surface area contributed by atoms with Gasteiger partial charge in [0.25, 0.3) is 0 Å². The maximum absolute atomic E-state index is 12.0. The lowest BCUT2D eigenvalue weighted by Crippen LogP contribution is -2.44. The summed E-state index contributed by atoms with van der Waals surface area (Å²) in [6, 6.07) is 9.43. The van der Waals surface area contributed by atoms with Crippen molar-refractivity contribution < 1.29 is 4.79 Å². The molecule has 0 saturated heterocycles. The van der Waals surface area contributed by atoms with Crippen molar-refractivity contribution in [1.29, 1.82) is 0 Å². The van der Waals surface area contributed by atoms with E-state index in [-0.39, 0.29) is 5.91 Å². The van der Waals surface area contributed by atoms with Crippen LogP contribution in [-0.2, 0) is 4.79 Å². The molecule has 0 bridgehead atoms. The molecule has 0 aliphatic heterocycles. The van der Waals surface area contributed by atoms with Gasteiger partial charge in [0.1, 0.15) is 0 Å². The lowest BCUT2D eigenvalue weighted by atomic mass is 9.82. The quantitative estimate of drug-likeness (QED) is 0.748.